The van der Waals surface area contributed by atoms with Gasteiger partial charge in [-0.3, -0.25) is 4.98 Å². The van der Waals surface area contributed by atoms with Crippen molar-refractivity contribution >= 4 is 10.9 Å². The van der Waals surface area contributed by atoms with E-state index in [2.05, 4.69) is 60.4 Å². The zero-order valence-electron chi connectivity index (χ0n) is 11.6. The highest BCUT2D eigenvalue weighted by Gasteiger charge is 2.08. The molecule has 2 nitrogen and oxygen atoms in total. The minimum Gasteiger partial charge on any atom is -0.324 e. The average molecular weight is 262 g/mol. The Hall–Kier alpha value is -2.19. The molecule has 0 aliphatic carbocycles. The lowest BCUT2D eigenvalue weighted by Crippen LogP contribution is -2.13. The van der Waals surface area contributed by atoms with Gasteiger partial charge in [-0.15, -0.1) is 0 Å². The van der Waals surface area contributed by atoms with Crippen LogP contribution in [0.3, 0.4) is 0 Å². The molecule has 1 aromatic heterocycles. The fourth-order valence-corrected chi connectivity index (χ4v) is 2.53. The number of hydrogen-bond acceptors (Lipinski definition) is 2. The van der Waals surface area contributed by atoms with Gasteiger partial charge in [0.15, 0.2) is 0 Å². The van der Waals surface area contributed by atoms with Gasteiger partial charge in [-0.2, -0.15) is 0 Å². The Morgan fingerprint density at radius 3 is 2.80 bits per heavy atom. The van der Waals surface area contributed by atoms with Crippen molar-refractivity contribution in [2.75, 3.05) is 0 Å². The molecule has 0 radical (unpaired) electrons. The summed E-state index contributed by atoms with van der Waals surface area (Å²) in [4.78, 5) is 4.39. The molecule has 3 rings (SSSR count). The van der Waals surface area contributed by atoms with Crippen LogP contribution in [0.5, 0.6) is 0 Å². The molecule has 0 aliphatic heterocycles. The van der Waals surface area contributed by atoms with Gasteiger partial charge >= 0.3 is 0 Å². The van der Waals surface area contributed by atoms with E-state index in [9.17, 15) is 0 Å². The molecule has 1 atom stereocenters. The van der Waals surface area contributed by atoms with Crippen molar-refractivity contribution in [3.05, 3.63) is 77.5 Å². The zero-order chi connectivity index (χ0) is 13.9. The Balaban J connectivity index is 1.86. The van der Waals surface area contributed by atoms with Gasteiger partial charge in [-0.05, 0) is 36.6 Å². The largest absolute Gasteiger partial charge is 0.324 e. The van der Waals surface area contributed by atoms with Crippen LogP contribution in [0.4, 0.5) is 0 Å². The van der Waals surface area contributed by atoms with Crippen molar-refractivity contribution in [2.45, 2.75) is 19.4 Å². The molecular weight excluding hydrogens is 244 g/mol. The molecule has 0 saturated carbocycles. The van der Waals surface area contributed by atoms with Gasteiger partial charge in [0.2, 0.25) is 0 Å². The fourth-order valence-electron chi connectivity index (χ4n) is 2.53. The van der Waals surface area contributed by atoms with Crippen LogP contribution in [-0.4, -0.2) is 4.98 Å². The Kier molecular flexibility index (Phi) is 3.48. The van der Waals surface area contributed by atoms with Crippen molar-refractivity contribution in [1.29, 1.82) is 0 Å². The van der Waals surface area contributed by atoms with Crippen LogP contribution >= 0.6 is 0 Å². The number of nitrogens with zero attached hydrogens (tertiary/aromatic N) is 1. The van der Waals surface area contributed by atoms with Crippen molar-refractivity contribution in [3.63, 3.8) is 0 Å². The summed E-state index contributed by atoms with van der Waals surface area (Å²) in [5, 5.41) is 1.15. The standard InChI is InChI=1S/C18H18N2/c1-13-4-2-5-14(10-13)11-17(19)16-8-7-15-6-3-9-20-18(15)12-16/h2-10,12,17H,11,19H2,1H3. The molecule has 1 heterocycles. The average Bonchev–Trinajstić information content (AvgIpc) is 2.47. The fraction of sp³-hybridized carbons (Fsp3) is 0.167. The predicted molar refractivity (Wildman–Crippen MR) is 83.6 cm³/mol. The van der Waals surface area contributed by atoms with E-state index in [0.717, 1.165) is 22.9 Å². The molecule has 0 fully saturated rings. The van der Waals surface area contributed by atoms with E-state index < -0.39 is 0 Å². The minimum absolute atomic E-state index is 0.00297. The second-order valence-electron chi connectivity index (χ2n) is 5.26. The quantitative estimate of drug-likeness (QED) is 0.780. The topological polar surface area (TPSA) is 38.9 Å². The maximum absolute atomic E-state index is 6.34. The smallest absolute Gasteiger partial charge is 0.0705 e. The highest BCUT2D eigenvalue weighted by molar-refractivity contribution is 5.79. The molecule has 0 spiro atoms. The van der Waals surface area contributed by atoms with Gasteiger partial charge in [-0.25, -0.2) is 0 Å². The van der Waals surface area contributed by atoms with E-state index in [4.69, 9.17) is 5.73 Å². The molecular formula is C18H18N2. The molecule has 100 valence electrons. The molecule has 2 heteroatoms. The van der Waals surface area contributed by atoms with E-state index in [-0.39, 0.29) is 6.04 Å². The summed E-state index contributed by atoms with van der Waals surface area (Å²) >= 11 is 0. The number of rotatable bonds is 3. The van der Waals surface area contributed by atoms with E-state index >= 15 is 0 Å². The number of hydrogen-bond donors (Lipinski definition) is 1. The van der Waals surface area contributed by atoms with E-state index in [1.165, 1.54) is 11.1 Å². The first-order valence-corrected chi connectivity index (χ1v) is 6.88. The Bertz CT molecular complexity index is 734. The van der Waals surface area contributed by atoms with Gasteiger partial charge in [0, 0.05) is 17.6 Å². The summed E-state index contributed by atoms with van der Waals surface area (Å²) in [7, 11) is 0. The Morgan fingerprint density at radius 1 is 1.05 bits per heavy atom. The maximum Gasteiger partial charge on any atom is 0.0705 e. The van der Waals surface area contributed by atoms with Gasteiger partial charge in [0.05, 0.1) is 5.52 Å². The second-order valence-corrected chi connectivity index (χ2v) is 5.26. The van der Waals surface area contributed by atoms with Gasteiger partial charge in [-0.1, -0.05) is 48.0 Å². The maximum atomic E-state index is 6.34. The van der Waals surface area contributed by atoms with Crippen molar-refractivity contribution in [2.24, 2.45) is 5.73 Å². The summed E-state index contributed by atoms with van der Waals surface area (Å²) in [6.07, 6.45) is 2.66. The normalized spacial score (nSPS) is 12.5. The van der Waals surface area contributed by atoms with Crippen LogP contribution < -0.4 is 5.73 Å². The van der Waals surface area contributed by atoms with Crippen molar-refractivity contribution < 1.29 is 0 Å². The first-order valence-electron chi connectivity index (χ1n) is 6.88. The van der Waals surface area contributed by atoms with Crippen molar-refractivity contribution in [3.8, 4) is 0 Å². The molecule has 2 N–H and O–H groups in total. The number of aromatic nitrogens is 1. The van der Waals surface area contributed by atoms with Crippen LogP contribution in [0.1, 0.15) is 22.7 Å². The predicted octanol–water partition coefficient (Wildman–Crippen LogP) is 3.79. The lowest BCUT2D eigenvalue weighted by atomic mass is 9.98. The summed E-state index contributed by atoms with van der Waals surface area (Å²) < 4.78 is 0. The minimum atomic E-state index is 0.00297. The van der Waals surface area contributed by atoms with Crippen LogP contribution in [0, 0.1) is 6.92 Å². The third-order valence-corrected chi connectivity index (χ3v) is 3.60. The third-order valence-electron chi connectivity index (χ3n) is 3.60. The number of nitrogens with two attached hydrogens (primary N) is 1. The van der Waals surface area contributed by atoms with Gasteiger partial charge in [0.25, 0.3) is 0 Å². The summed E-state index contributed by atoms with van der Waals surface area (Å²) in [5.74, 6) is 0. The van der Waals surface area contributed by atoms with Crippen LogP contribution in [0.2, 0.25) is 0 Å². The highest BCUT2D eigenvalue weighted by Crippen LogP contribution is 2.20. The van der Waals surface area contributed by atoms with Gasteiger partial charge in [0.1, 0.15) is 0 Å². The number of benzene rings is 2. The molecule has 0 amide bonds. The molecule has 0 bridgehead atoms. The van der Waals surface area contributed by atoms with E-state index in [1.807, 2.05) is 12.3 Å². The molecule has 1 unspecified atom stereocenters. The summed E-state index contributed by atoms with van der Waals surface area (Å²) in [6, 6.07) is 18.8. The summed E-state index contributed by atoms with van der Waals surface area (Å²) in [5.41, 5.74) is 11.0. The molecule has 2 aromatic carbocycles. The van der Waals surface area contributed by atoms with E-state index in [1.54, 1.807) is 0 Å². The second kappa shape index (κ2) is 5.43. The number of pyridine rings is 1. The molecule has 0 saturated heterocycles. The lowest BCUT2D eigenvalue weighted by molar-refractivity contribution is 0.722. The lowest BCUT2D eigenvalue weighted by Gasteiger charge is -2.13. The zero-order valence-corrected chi connectivity index (χ0v) is 11.6. The monoisotopic (exact) mass is 262 g/mol. The Morgan fingerprint density at radius 2 is 1.95 bits per heavy atom. The third kappa shape index (κ3) is 2.70. The number of fused-ring (bicyclic) bond motifs is 1. The molecule has 20 heavy (non-hydrogen) atoms. The van der Waals surface area contributed by atoms with Crippen LogP contribution in [0.25, 0.3) is 10.9 Å². The molecule has 3 aromatic rings. The van der Waals surface area contributed by atoms with Crippen LogP contribution in [0.15, 0.2) is 60.8 Å². The van der Waals surface area contributed by atoms with Crippen molar-refractivity contribution in [1.82, 2.24) is 4.98 Å². The number of aryl methyl sites for hydroxylation is 1. The van der Waals surface area contributed by atoms with Crippen LogP contribution in [-0.2, 0) is 6.42 Å². The first kappa shape index (κ1) is 12.8. The highest BCUT2D eigenvalue weighted by atomic mass is 14.7. The van der Waals surface area contributed by atoms with E-state index in [0.29, 0.717) is 0 Å². The Labute approximate surface area is 119 Å². The molecule has 0 aliphatic rings. The SMILES string of the molecule is Cc1cccc(CC(N)c2ccc3cccnc3c2)c1. The van der Waals surface area contributed by atoms with Gasteiger partial charge < -0.3 is 5.73 Å². The summed E-state index contributed by atoms with van der Waals surface area (Å²) in [6.45, 7) is 2.11. The first-order chi connectivity index (χ1) is 9.72.